The zero-order valence-corrected chi connectivity index (χ0v) is 51.0. The molecule has 0 spiro atoms. The molecule has 0 saturated heterocycles. The minimum Gasteiger partial charge on any atom is -0.480 e. The number of nitrogens with zero attached hydrogens (tertiary/aromatic N) is 4. The molecule has 454 valence electrons. The highest BCUT2D eigenvalue weighted by atomic mass is 79.9. The van der Waals surface area contributed by atoms with Gasteiger partial charge in [-0.05, 0) is 140 Å². The van der Waals surface area contributed by atoms with E-state index >= 15 is 0 Å². The third kappa shape index (κ3) is 33.8. The Bertz CT molecular complexity index is 2480. The van der Waals surface area contributed by atoms with Crippen molar-refractivity contribution in [3.63, 3.8) is 0 Å². The zero-order valence-electron chi connectivity index (χ0n) is 49.4. The molecule has 3 aliphatic rings. The molecule has 81 heavy (non-hydrogen) atoms. The number of carboxylic acid groups (broad SMARTS) is 2. The molecule has 0 amide bonds. The van der Waals surface area contributed by atoms with Gasteiger partial charge in [-0.3, -0.25) is 58.0 Å². The van der Waals surface area contributed by atoms with Crippen LogP contribution in [-0.2, 0) is 77.5 Å². The molecule has 0 aromatic carbocycles. The third-order valence-corrected chi connectivity index (χ3v) is 12.4. The smallest absolute Gasteiger partial charge is 0.320 e. The van der Waals surface area contributed by atoms with Crippen LogP contribution in [0.1, 0.15) is 154 Å². The van der Waals surface area contributed by atoms with E-state index in [1.807, 2.05) is 72.1 Å². The fourth-order valence-corrected chi connectivity index (χ4v) is 9.14. The number of aliphatic carboxylic acids is 2. The average molecular weight is 1200 g/mol. The predicted molar refractivity (Wildman–Crippen MR) is 314 cm³/mol. The number of rotatable bonds is 9. The number of alkyl halides is 1. The van der Waals surface area contributed by atoms with Gasteiger partial charge in [0.15, 0.2) is 16.3 Å². The Balaban J connectivity index is 0.000000308. The number of aromatic amines is 3. The quantitative estimate of drug-likeness (QED) is 0.0775. The Morgan fingerprint density at radius 2 is 0.704 bits per heavy atom. The van der Waals surface area contributed by atoms with Crippen LogP contribution in [0.25, 0.3) is 0 Å². The predicted octanol–water partition coefficient (Wildman–Crippen LogP) is 5.64. The number of fused-ring (bicyclic) bond motifs is 6. The Labute approximate surface area is 485 Å². The Kier molecular flexibility index (Phi) is 30.5. The molecule has 3 aromatic rings. The summed E-state index contributed by atoms with van der Waals surface area (Å²) in [5.74, 6) is -2.55. The number of hydrogen-bond donors (Lipinski definition) is 7. The van der Waals surface area contributed by atoms with Gasteiger partial charge in [0.25, 0.3) is 0 Å². The lowest BCUT2D eigenvalue weighted by Crippen LogP contribution is -2.37. The standard InChI is InChI=1S/C24H39N3O5.C16H23N3O5.C12H19N3O.C6H11BrO2/c1-23(2,3)31-21(29)16-26-10-8-7-9-11-27(17-22(30)32-24(4,5)6)15-19-13-20(28)12-18(14-26)25-19;20-14-6-12-8-18(10-15(21)22)4-2-1-3-5-19(11-16(23)24)9-13(7-14)17-12;16-12-6-10-8-13-4-2-1-3-5-14-9-11(7-12)15-10;1-6(2,3)9-5(8)4-7/h12-13H,7-11,14-17H2,1-6H3,(H,25,28);6-7H,1-5,8-11H2,(H,17,20)(H,21,22)(H,23,24);6-7,13-14H,1-5,8-9H2,(H,15,16);4H2,1-3H3. The van der Waals surface area contributed by atoms with Gasteiger partial charge in [0.1, 0.15) is 22.1 Å². The maximum atomic E-state index is 12.4. The number of H-pyrrole nitrogens is 3. The number of esters is 3. The van der Waals surface area contributed by atoms with Gasteiger partial charge in [-0.1, -0.05) is 35.2 Å². The van der Waals surface area contributed by atoms with Crippen molar-refractivity contribution >= 4 is 45.8 Å². The summed E-state index contributed by atoms with van der Waals surface area (Å²) in [7, 11) is 0. The van der Waals surface area contributed by atoms with Crippen molar-refractivity contribution in [2.75, 3.05) is 70.8 Å². The molecule has 0 radical (unpaired) electrons. The Morgan fingerprint density at radius 1 is 0.432 bits per heavy atom. The van der Waals surface area contributed by atoms with Crippen LogP contribution in [0.15, 0.2) is 50.8 Å². The lowest BCUT2D eigenvalue weighted by molar-refractivity contribution is -0.157. The Morgan fingerprint density at radius 3 is 0.988 bits per heavy atom. The number of halogens is 1. The second-order valence-electron chi connectivity index (χ2n) is 23.7. The van der Waals surface area contributed by atoms with Gasteiger partial charge >= 0.3 is 29.8 Å². The molecule has 0 fully saturated rings. The van der Waals surface area contributed by atoms with Crippen LogP contribution in [0.4, 0.5) is 0 Å². The van der Waals surface area contributed by atoms with Gasteiger partial charge in [0.05, 0.1) is 26.2 Å². The maximum absolute atomic E-state index is 12.4. The van der Waals surface area contributed by atoms with E-state index < -0.39 is 23.1 Å². The van der Waals surface area contributed by atoms with Crippen LogP contribution in [0.2, 0.25) is 0 Å². The van der Waals surface area contributed by atoms with Crippen LogP contribution in [0.3, 0.4) is 0 Å². The lowest BCUT2D eigenvalue weighted by Gasteiger charge is -2.27. The van der Waals surface area contributed by atoms with Crippen LogP contribution >= 0.6 is 15.9 Å². The molecule has 0 unspecified atom stereocenters. The number of ether oxygens (including phenoxy) is 3. The largest absolute Gasteiger partial charge is 0.480 e. The molecule has 6 rings (SSSR count). The van der Waals surface area contributed by atoms with E-state index in [0.717, 1.165) is 101 Å². The first-order valence-corrected chi connectivity index (χ1v) is 29.3. The summed E-state index contributed by atoms with van der Waals surface area (Å²) < 4.78 is 15.9. The molecular formula is C58H92BrN9O13. The van der Waals surface area contributed by atoms with E-state index in [1.54, 1.807) is 34.1 Å². The molecule has 22 nitrogen and oxygen atoms in total. The van der Waals surface area contributed by atoms with Crippen molar-refractivity contribution in [3.05, 3.63) is 101 Å². The van der Waals surface area contributed by atoms with Crippen LogP contribution in [-0.4, -0.2) is 162 Å². The van der Waals surface area contributed by atoms with E-state index in [-0.39, 0.29) is 71.3 Å². The molecule has 0 saturated carbocycles. The van der Waals surface area contributed by atoms with Gasteiger partial charge in [-0.2, -0.15) is 0 Å². The monoisotopic (exact) mass is 1200 g/mol. The van der Waals surface area contributed by atoms with Crippen molar-refractivity contribution < 1.29 is 48.4 Å². The number of carboxylic acids is 2. The second-order valence-corrected chi connectivity index (χ2v) is 24.2. The summed E-state index contributed by atoms with van der Waals surface area (Å²) in [5, 5.41) is 25.0. The fourth-order valence-electron chi connectivity index (χ4n) is 9.02. The highest BCUT2D eigenvalue weighted by Gasteiger charge is 2.23. The van der Waals surface area contributed by atoms with Gasteiger partial charge in [-0.25, -0.2) is 0 Å². The topological polar surface area (TPSA) is 289 Å². The summed E-state index contributed by atoms with van der Waals surface area (Å²) >= 11 is 2.99. The fraction of sp³-hybridized carbons (Fsp3) is 0.655. The summed E-state index contributed by atoms with van der Waals surface area (Å²) in [6.45, 7) is 24.7. The molecule has 6 heterocycles. The molecule has 3 aliphatic heterocycles. The number of nitrogens with one attached hydrogen (secondary N) is 5. The molecule has 3 aromatic heterocycles. The minimum atomic E-state index is -0.895. The van der Waals surface area contributed by atoms with Crippen molar-refractivity contribution in [3.8, 4) is 0 Å². The number of hydrogen-bond acceptors (Lipinski definition) is 17. The van der Waals surface area contributed by atoms with Crippen LogP contribution in [0, 0.1) is 0 Å². The molecule has 23 heteroatoms. The molecular weight excluding hydrogens is 1110 g/mol. The van der Waals surface area contributed by atoms with Crippen molar-refractivity contribution in [1.82, 2.24) is 45.2 Å². The molecule has 6 bridgehead atoms. The maximum Gasteiger partial charge on any atom is 0.320 e. The summed E-state index contributed by atoms with van der Waals surface area (Å²) in [6.07, 6.45) is 9.01. The first-order chi connectivity index (χ1) is 38.0. The highest BCUT2D eigenvalue weighted by molar-refractivity contribution is 9.09. The van der Waals surface area contributed by atoms with E-state index in [9.17, 15) is 38.4 Å². The first kappa shape index (κ1) is 69.7. The SMILES string of the molecule is CC(C)(C)OC(=O)CBr.CC(C)(C)OC(=O)CN1CCCCCN(CC(=O)OC(C)(C)C)Cc2cc(=O)cc([nH]2)C1.O=C(O)CN1CCCCCN(CC(=O)O)Cc2cc(=O)cc([nH]2)C1.O=c1cc2[nH]c(c1)CNCCCCCNC2. The second kappa shape index (κ2) is 35.4. The van der Waals surface area contributed by atoms with Gasteiger partial charge < -0.3 is 50.0 Å². The van der Waals surface area contributed by atoms with E-state index in [1.165, 1.54) is 31.4 Å². The normalized spacial score (nSPS) is 16.9. The first-order valence-electron chi connectivity index (χ1n) is 28.1. The van der Waals surface area contributed by atoms with E-state index in [0.29, 0.717) is 50.7 Å². The minimum absolute atomic E-state index is 0.0720. The van der Waals surface area contributed by atoms with Crippen molar-refractivity contribution in [2.24, 2.45) is 0 Å². The molecule has 7 N–H and O–H groups in total. The average Bonchev–Trinajstić information content (AvgIpc) is 3.30. The highest BCUT2D eigenvalue weighted by Crippen LogP contribution is 2.15. The van der Waals surface area contributed by atoms with E-state index in [2.05, 4.69) is 41.5 Å². The number of carbonyl (C=O) groups is 5. The third-order valence-electron chi connectivity index (χ3n) is 12.0. The summed E-state index contributed by atoms with van der Waals surface area (Å²) in [5.41, 5.74) is 3.14. The molecule has 0 atom stereocenters. The number of carbonyl (C=O) groups excluding carboxylic acids is 3. The van der Waals surface area contributed by atoms with Gasteiger partial charge in [-0.15, -0.1) is 0 Å². The summed E-state index contributed by atoms with van der Waals surface area (Å²) in [6, 6.07) is 9.40. The Hall–Kier alpha value is -5.56. The van der Waals surface area contributed by atoms with Crippen molar-refractivity contribution in [2.45, 2.75) is 176 Å². The number of aromatic nitrogens is 3. The van der Waals surface area contributed by atoms with Gasteiger partial charge in [0.2, 0.25) is 0 Å². The number of pyridine rings is 3. The van der Waals surface area contributed by atoms with Crippen LogP contribution < -0.4 is 26.9 Å². The van der Waals surface area contributed by atoms with E-state index in [4.69, 9.17) is 24.4 Å². The zero-order chi connectivity index (χ0) is 60.2. The van der Waals surface area contributed by atoms with Crippen molar-refractivity contribution in [1.29, 1.82) is 0 Å². The summed E-state index contributed by atoms with van der Waals surface area (Å²) in [4.78, 5) is 110. The van der Waals surface area contributed by atoms with Gasteiger partial charge in [0, 0.05) is 110 Å². The van der Waals surface area contributed by atoms with Crippen LogP contribution in [0.5, 0.6) is 0 Å². The molecule has 0 aliphatic carbocycles. The lowest BCUT2D eigenvalue weighted by atomic mass is 10.1.